The molecule has 0 heterocycles. The molecule has 0 N–H and O–H groups in total. The summed E-state index contributed by atoms with van der Waals surface area (Å²) in [5.41, 5.74) is 7.70. The molecule has 1 aromatic rings. The number of Topliss-reactive ketones (excluding diaryl/α,β-unsaturated/α-hetero) is 1. The molecule has 0 saturated heterocycles. The first kappa shape index (κ1) is 12.1. The lowest BCUT2D eigenvalue weighted by Gasteiger charge is -2.42. The van der Waals surface area contributed by atoms with Crippen molar-refractivity contribution in [2.24, 2.45) is 17.3 Å². The zero-order valence-corrected chi connectivity index (χ0v) is 13.0. The maximum absolute atomic E-state index is 13.3. The number of benzene rings is 1. The van der Waals surface area contributed by atoms with Crippen molar-refractivity contribution < 1.29 is 4.79 Å². The van der Waals surface area contributed by atoms with Crippen molar-refractivity contribution in [2.45, 2.75) is 57.3 Å². The third kappa shape index (κ3) is 1.19. The van der Waals surface area contributed by atoms with Crippen LogP contribution in [0.1, 0.15) is 72.3 Å². The molecule has 1 heteroatoms. The summed E-state index contributed by atoms with van der Waals surface area (Å²) < 4.78 is 0. The van der Waals surface area contributed by atoms with E-state index in [1.165, 1.54) is 49.7 Å². The van der Waals surface area contributed by atoms with Crippen molar-refractivity contribution in [2.75, 3.05) is 0 Å². The van der Waals surface area contributed by atoms with Gasteiger partial charge in [0.15, 0.2) is 5.78 Å². The smallest absolute Gasteiger partial charge is 0.167 e. The van der Waals surface area contributed by atoms with Gasteiger partial charge in [0.1, 0.15) is 0 Å². The second kappa shape index (κ2) is 3.75. The Hall–Kier alpha value is -1.37. The first-order chi connectivity index (χ1) is 10.8. The third-order valence-corrected chi connectivity index (χ3v) is 7.72. The summed E-state index contributed by atoms with van der Waals surface area (Å²) in [6.45, 7) is 0. The highest BCUT2D eigenvalue weighted by Crippen LogP contribution is 2.68. The number of hydrogen-bond acceptors (Lipinski definition) is 1. The molecule has 1 fully saturated rings. The van der Waals surface area contributed by atoms with Gasteiger partial charge in [0.25, 0.3) is 0 Å². The van der Waals surface area contributed by atoms with E-state index in [0.717, 1.165) is 24.3 Å². The standard InChI is InChI=1S/C21H22O/c22-20-16-10-13-5-4-12(16)6-7-18(20)21-9-8-14(11-21)19-15(13)2-1-3-17(19)21/h4-5,10,14-15,18H,1-3,6-9,11H2. The summed E-state index contributed by atoms with van der Waals surface area (Å²) in [7, 11) is 0. The lowest BCUT2D eigenvalue weighted by atomic mass is 9.61. The highest BCUT2D eigenvalue weighted by molar-refractivity contribution is 6.01. The maximum Gasteiger partial charge on any atom is 0.167 e. The molecule has 6 rings (SSSR count). The second-order valence-electron chi connectivity index (χ2n) is 8.35. The topological polar surface area (TPSA) is 17.1 Å². The van der Waals surface area contributed by atoms with E-state index >= 15 is 0 Å². The third-order valence-electron chi connectivity index (χ3n) is 7.72. The Morgan fingerprint density at radius 2 is 2.05 bits per heavy atom. The number of hydrogen-bond donors (Lipinski definition) is 0. The molecule has 0 aliphatic heterocycles. The van der Waals surface area contributed by atoms with E-state index in [-0.39, 0.29) is 5.41 Å². The van der Waals surface area contributed by atoms with Crippen LogP contribution >= 0.6 is 0 Å². The number of rotatable bonds is 0. The molecule has 1 saturated carbocycles. The molecule has 1 aromatic carbocycles. The van der Waals surface area contributed by atoms with Crippen LogP contribution in [0.5, 0.6) is 0 Å². The molecule has 4 unspecified atom stereocenters. The van der Waals surface area contributed by atoms with Crippen LogP contribution in [0.25, 0.3) is 0 Å². The average molecular weight is 290 g/mol. The fourth-order valence-electron chi connectivity index (χ4n) is 6.95. The molecule has 5 aliphatic carbocycles. The van der Waals surface area contributed by atoms with E-state index in [1.54, 1.807) is 11.1 Å². The maximum atomic E-state index is 13.3. The first-order valence-electron chi connectivity index (χ1n) is 9.18. The quantitative estimate of drug-likeness (QED) is 0.627. The molecule has 5 aliphatic rings. The molecular formula is C21H22O. The Morgan fingerprint density at radius 3 is 3.00 bits per heavy atom. The van der Waals surface area contributed by atoms with E-state index in [1.807, 2.05) is 0 Å². The molecule has 112 valence electrons. The van der Waals surface area contributed by atoms with Gasteiger partial charge in [0, 0.05) is 22.8 Å². The Balaban J connectivity index is 1.72. The molecule has 0 radical (unpaired) electrons. The van der Waals surface area contributed by atoms with E-state index in [4.69, 9.17) is 0 Å². The number of carbonyl (C=O) groups excluding carboxylic acids is 1. The number of allylic oxidation sites excluding steroid dienone is 2. The molecule has 1 nitrogen and oxygen atoms in total. The van der Waals surface area contributed by atoms with E-state index in [0.29, 0.717) is 17.6 Å². The van der Waals surface area contributed by atoms with Crippen molar-refractivity contribution in [3.8, 4) is 0 Å². The monoisotopic (exact) mass is 290 g/mol. The lowest BCUT2D eigenvalue weighted by molar-refractivity contribution is 0.0769. The van der Waals surface area contributed by atoms with Crippen LogP contribution in [0.2, 0.25) is 0 Å². The largest absolute Gasteiger partial charge is 0.294 e. The minimum absolute atomic E-state index is 0.278. The van der Waals surface area contributed by atoms with Gasteiger partial charge < -0.3 is 0 Å². The van der Waals surface area contributed by atoms with Gasteiger partial charge in [0.05, 0.1) is 0 Å². The molecule has 4 atom stereocenters. The van der Waals surface area contributed by atoms with Crippen LogP contribution in [-0.2, 0) is 6.42 Å². The minimum Gasteiger partial charge on any atom is -0.294 e. The molecule has 22 heavy (non-hydrogen) atoms. The molecule has 1 spiro atoms. The molecule has 8 bridgehead atoms. The van der Waals surface area contributed by atoms with Crippen molar-refractivity contribution >= 4 is 5.78 Å². The summed E-state index contributed by atoms with van der Waals surface area (Å²) in [4.78, 5) is 13.3. The zero-order chi connectivity index (χ0) is 14.5. The predicted molar refractivity (Wildman–Crippen MR) is 86.0 cm³/mol. The van der Waals surface area contributed by atoms with Gasteiger partial charge in [-0.05, 0) is 74.5 Å². The highest BCUT2D eigenvalue weighted by Gasteiger charge is 2.58. The van der Waals surface area contributed by atoms with Crippen LogP contribution in [0, 0.1) is 17.3 Å². The predicted octanol–water partition coefficient (Wildman–Crippen LogP) is 4.81. The molecule has 0 amide bonds. The number of fused-ring (bicyclic) bond motifs is 4. The second-order valence-corrected chi connectivity index (χ2v) is 8.35. The van der Waals surface area contributed by atoms with Crippen LogP contribution in [0.3, 0.4) is 0 Å². The summed E-state index contributed by atoms with van der Waals surface area (Å²) in [6.07, 6.45) is 10.1. The normalized spacial score (nSPS) is 40.7. The van der Waals surface area contributed by atoms with E-state index < -0.39 is 0 Å². The van der Waals surface area contributed by atoms with E-state index in [9.17, 15) is 4.79 Å². The average Bonchev–Trinajstić information content (AvgIpc) is 3.12. The van der Waals surface area contributed by atoms with Gasteiger partial charge in [-0.15, -0.1) is 0 Å². The number of aryl methyl sites for hydroxylation is 1. The van der Waals surface area contributed by atoms with Crippen LogP contribution in [0.15, 0.2) is 29.3 Å². The summed E-state index contributed by atoms with van der Waals surface area (Å²) in [5.74, 6) is 2.22. The van der Waals surface area contributed by atoms with Crippen molar-refractivity contribution in [1.82, 2.24) is 0 Å². The Kier molecular flexibility index (Phi) is 2.06. The number of ketones is 1. The van der Waals surface area contributed by atoms with Crippen LogP contribution in [-0.4, -0.2) is 5.78 Å². The molecular weight excluding hydrogens is 268 g/mol. The Morgan fingerprint density at radius 1 is 1.09 bits per heavy atom. The lowest BCUT2D eigenvalue weighted by Crippen LogP contribution is -2.38. The van der Waals surface area contributed by atoms with Crippen molar-refractivity contribution in [1.29, 1.82) is 0 Å². The zero-order valence-electron chi connectivity index (χ0n) is 13.0. The van der Waals surface area contributed by atoms with Gasteiger partial charge in [-0.1, -0.05) is 23.3 Å². The first-order valence-corrected chi connectivity index (χ1v) is 9.18. The summed E-state index contributed by atoms with van der Waals surface area (Å²) in [6, 6.07) is 6.91. The van der Waals surface area contributed by atoms with Crippen LogP contribution in [0.4, 0.5) is 0 Å². The summed E-state index contributed by atoms with van der Waals surface area (Å²) >= 11 is 0. The fourth-order valence-corrected chi connectivity index (χ4v) is 6.95. The van der Waals surface area contributed by atoms with E-state index in [2.05, 4.69) is 18.2 Å². The number of carbonyl (C=O) groups is 1. The SMILES string of the molecule is O=C1c2cc3ccc2CCC1C12CCC(C1)C1=C2CCCC13. The molecule has 0 aromatic heterocycles. The van der Waals surface area contributed by atoms with Crippen molar-refractivity contribution in [3.63, 3.8) is 0 Å². The Bertz CT molecular complexity index is 755. The van der Waals surface area contributed by atoms with Crippen molar-refractivity contribution in [3.05, 3.63) is 46.0 Å². The van der Waals surface area contributed by atoms with Gasteiger partial charge in [-0.3, -0.25) is 4.79 Å². The highest BCUT2D eigenvalue weighted by atomic mass is 16.1. The van der Waals surface area contributed by atoms with Gasteiger partial charge in [-0.25, -0.2) is 0 Å². The van der Waals surface area contributed by atoms with Gasteiger partial charge >= 0.3 is 0 Å². The summed E-state index contributed by atoms with van der Waals surface area (Å²) in [5, 5.41) is 0. The Labute approximate surface area is 131 Å². The van der Waals surface area contributed by atoms with Crippen LogP contribution < -0.4 is 0 Å². The minimum atomic E-state index is 0.278. The van der Waals surface area contributed by atoms with Gasteiger partial charge in [-0.2, -0.15) is 0 Å². The fraction of sp³-hybridized carbons (Fsp3) is 0.571. The van der Waals surface area contributed by atoms with Gasteiger partial charge in [0.2, 0.25) is 0 Å².